The summed E-state index contributed by atoms with van der Waals surface area (Å²) >= 11 is 6.35. The maximum atomic E-state index is 12.8. The van der Waals surface area contributed by atoms with Crippen molar-refractivity contribution in [2.24, 2.45) is 4.99 Å². The molecule has 162 valence electrons. The number of aliphatic imine (C=N–C) groups is 1. The van der Waals surface area contributed by atoms with Gasteiger partial charge < -0.3 is 20.3 Å². The molecule has 0 fully saturated rings. The summed E-state index contributed by atoms with van der Waals surface area (Å²) in [6, 6.07) is 0. The number of nitrogens with zero attached hydrogens (tertiary/aromatic N) is 2. The predicted octanol–water partition coefficient (Wildman–Crippen LogP) is 2.42. The highest BCUT2D eigenvalue weighted by Crippen LogP contribution is 2.34. The Hall–Kier alpha value is -2.54. The second-order valence-electron chi connectivity index (χ2n) is 7.45. The number of carbonyl (C=O) groups is 2. The number of dihydropyridines is 1. The van der Waals surface area contributed by atoms with Crippen molar-refractivity contribution < 1.29 is 14.3 Å². The lowest BCUT2D eigenvalue weighted by molar-refractivity contribution is -0.130. The van der Waals surface area contributed by atoms with Crippen molar-refractivity contribution in [3.8, 4) is 0 Å². The fraction of sp³-hybridized carbons (Fsp3) is 0.500. The van der Waals surface area contributed by atoms with Crippen LogP contribution in [0.5, 0.6) is 0 Å². The van der Waals surface area contributed by atoms with Crippen LogP contribution in [0.4, 0.5) is 0 Å². The van der Waals surface area contributed by atoms with E-state index in [0.29, 0.717) is 54.9 Å². The normalized spacial score (nSPS) is 20.3. The number of halogens is 1. The van der Waals surface area contributed by atoms with E-state index < -0.39 is 0 Å². The number of ether oxygens (including phenoxy) is 1. The van der Waals surface area contributed by atoms with Crippen LogP contribution < -0.4 is 10.6 Å². The summed E-state index contributed by atoms with van der Waals surface area (Å²) in [4.78, 5) is 30.7. The molecule has 0 aromatic heterocycles. The lowest BCUT2D eigenvalue weighted by Gasteiger charge is -2.28. The molecule has 3 aliphatic rings. The molecule has 0 spiro atoms. The van der Waals surface area contributed by atoms with E-state index in [1.165, 1.54) is 0 Å². The van der Waals surface area contributed by atoms with Crippen LogP contribution in [-0.2, 0) is 14.3 Å². The van der Waals surface area contributed by atoms with Crippen LogP contribution in [0.1, 0.15) is 32.1 Å². The Kier molecular flexibility index (Phi) is 7.74. The maximum Gasteiger partial charge on any atom is 0.247 e. The van der Waals surface area contributed by atoms with Crippen molar-refractivity contribution in [2.45, 2.75) is 32.1 Å². The van der Waals surface area contributed by atoms with E-state index in [-0.39, 0.29) is 18.4 Å². The Morgan fingerprint density at radius 3 is 2.93 bits per heavy atom. The van der Waals surface area contributed by atoms with E-state index >= 15 is 0 Å². The van der Waals surface area contributed by atoms with E-state index in [0.717, 1.165) is 36.8 Å². The maximum absolute atomic E-state index is 12.8. The molecule has 0 aromatic rings. The molecular formula is C22H29ClN4O3. The molecule has 2 amide bonds. The molecule has 7 nitrogen and oxygen atoms in total. The number of allylic oxidation sites excluding steroid dienone is 4. The summed E-state index contributed by atoms with van der Waals surface area (Å²) < 4.78 is 5.96. The number of nitrogens with one attached hydrogen (secondary N) is 2. The summed E-state index contributed by atoms with van der Waals surface area (Å²) in [6.07, 6.45) is 7.70. The number of rotatable bonds is 3. The highest BCUT2D eigenvalue weighted by atomic mass is 35.5. The van der Waals surface area contributed by atoms with Gasteiger partial charge in [-0.25, -0.2) is 0 Å². The summed E-state index contributed by atoms with van der Waals surface area (Å²) in [5.41, 5.74) is 2.81. The third-order valence-corrected chi connectivity index (χ3v) is 5.74. The number of amidine groups is 1. The average Bonchev–Trinajstić information content (AvgIpc) is 2.76. The molecule has 0 saturated carbocycles. The molecule has 0 aromatic carbocycles. The summed E-state index contributed by atoms with van der Waals surface area (Å²) in [5, 5.41) is 6.31. The van der Waals surface area contributed by atoms with Crippen LogP contribution in [0.15, 0.2) is 51.2 Å². The second-order valence-corrected chi connectivity index (χ2v) is 7.86. The van der Waals surface area contributed by atoms with Crippen LogP contribution in [-0.4, -0.2) is 62.4 Å². The van der Waals surface area contributed by atoms with Gasteiger partial charge in [0, 0.05) is 25.7 Å². The molecule has 2 N–H and O–H groups in total. The van der Waals surface area contributed by atoms with Gasteiger partial charge in [0.2, 0.25) is 11.8 Å². The number of likely N-dealkylation sites (N-methyl/N-ethyl adjacent to an activating group) is 1. The molecule has 30 heavy (non-hydrogen) atoms. The minimum Gasteiger partial charge on any atom is -0.490 e. The SMILES string of the molecule is C=C1CCCN(C(=O)CNC2=NCCC(C(=O)NC)=C2)CCOC2=C1CCC=C2Cl. The van der Waals surface area contributed by atoms with Crippen molar-refractivity contribution in [3.05, 3.63) is 46.2 Å². The first kappa shape index (κ1) is 22.2. The lowest BCUT2D eigenvalue weighted by Crippen LogP contribution is -2.42. The van der Waals surface area contributed by atoms with Crippen molar-refractivity contribution in [1.82, 2.24) is 15.5 Å². The Bertz CT molecular complexity index is 841. The molecule has 0 atom stereocenters. The third kappa shape index (κ3) is 5.53. The van der Waals surface area contributed by atoms with Gasteiger partial charge in [0.1, 0.15) is 18.2 Å². The van der Waals surface area contributed by atoms with Crippen LogP contribution in [0, 0.1) is 0 Å². The zero-order valence-corrected chi connectivity index (χ0v) is 18.2. The number of carbonyl (C=O) groups excluding carboxylic acids is 2. The van der Waals surface area contributed by atoms with E-state index in [4.69, 9.17) is 16.3 Å². The predicted molar refractivity (Wildman–Crippen MR) is 118 cm³/mol. The van der Waals surface area contributed by atoms with Crippen LogP contribution in [0.3, 0.4) is 0 Å². The summed E-state index contributed by atoms with van der Waals surface area (Å²) in [6.45, 7) is 6.36. The molecule has 0 saturated heterocycles. The average molecular weight is 433 g/mol. The van der Waals surface area contributed by atoms with Gasteiger partial charge in [0.25, 0.3) is 0 Å². The van der Waals surface area contributed by atoms with Gasteiger partial charge in [0.05, 0.1) is 18.1 Å². The molecule has 0 radical (unpaired) electrons. The molecule has 0 unspecified atom stereocenters. The molecule has 2 aliphatic heterocycles. The van der Waals surface area contributed by atoms with Gasteiger partial charge in [0.15, 0.2) is 0 Å². The summed E-state index contributed by atoms with van der Waals surface area (Å²) in [7, 11) is 1.60. The van der Waals surface area contributed by atoms with Crippen molar-refractivity contribution >= 4 is 29.3 Å². The molecule has 2 heterocycles. The topological polar surface area (TPSA) is 83.0 Å². The molecule has 8 heteroatoms. The first-order chi connectivity index (χ1) is 14.5. The molecule has 0 bridgehead atoms. The van der Waals surface area contributed by atoms with Crippen LogP contribution >= 0.6 is 11.6 Å². The lowest BCUT2D eigenvalue weighted by atomic mass is 9.93. The molecule has 1 aliphatic carbocycles. The van der Waals surface area contributed by atoms with Gasteiger partial charge in [-0.05, 0) is 49.3 Å². The fourth-order valence-corrected chi connectivity index (χ4v) is 4.02. The minimum absolute atomic E-state index is 0.0348. The number of hydrogen-bond donors (Lipinski definition) is 2. The van der Waals surface area contributed by atoms with Crippen molar-refractivity contribution in [2.75, 3.05) is 39.8 Å². The minimum atomic E-state index is -0.118. The largest absolute Gasteiger partial charge is 0.490 e. The standard InChI is InChI=1S/C22H29ClN4O3/c1-15-5-4-10-27(11-12-30-21-17(15)6-3-7-18(21)23)20(28)14-26-19-13-16(8-9-25-19)22(29)24-2/h7,13H,1,3-6,8-12,14H2,2H3,(H,24,29)(H,25,26). The number of hydrogen-bond acceptors (Lipinski definition) is 5. The van der Waals surface area contributed by atoms with E-state index in [9.17, 15) is 9.59 Å². The number of amides is 2. The Balaban J connectivity index is 1.58. The molecule has 3 rings (SSSR count). The Morgan fingerprint density at radius 1 is 1.30 bits per heavy atom. The molecular weight excluding hydrogens is 404 g/mol. The first-order valence-electron chi connectivity index (χ1n) is 10.4. The van der Waals surface area contributed by atoms with Crippen molar-refractivity contribution in [3.63, 3.8) is 0 Å². The van der Waals surface area contributed by atoms with Gasteiger partial charge in [-0.15, -0.1) is 0 Å². The van der Waals surface area contributed by atoms with Gasteiger partial charge >= 0.3 is 0 Å². The van der Waals surface area contributed by atoms with E-state index in [1.807, 2.05) is 6.08 Å². The second kappa shape index (κ2) is 10.5. The van der Waals surface area contributed by atoms with Gasteiger partial charge in [-0.3, -0.25) is 14.6 Å². The Morgan fingerprint density at radius 2 is 2.13 bits per heavy atom. The zero-order chi connectivity index (χ0) is 21.5. The van der Waals surface area contributed by atoms with Gasteiger partial charge in [-0.1, -0.05) is 24.3 Å². The summed E-state index contributed by atoms with van der Waals surface area (Å²) in [5.74, 6) is 1.12. The van der Waals surface area contributed by atoms with Crippen molar-refractivity contribution in [1.29, 1.82) is 0 Å². The fourth-order valence-electron chi connectivity index (χ4n) is 3.74. The van der Waals surface area contributed by atoms with E-state index in [2.05, 4.69) is 22.2 Å². The zero-order valence-electron chi connectivity index (χ0n) is 17.4. The highest BCUT2D eigenvalue weighted by molar-refractivity contribution is 6.31. The smallest absolute Gasteiger partial charge is 0.247 e. The highest BCUT2D eigenvalue weighted by Gasteiger charge is 2.22. The van der Waals surface area contributed by atoms with E-state index in [1.54, 1.807) is 18.0 Å². The van der Waals surface area contributed by atoms with Crippen LogP contribution in [0.2, 0.25) is 0 Å². The third-order valence-electron chi connectivity index (χ3n) is 5.42. The monoisotopic (exact) mass is 432 g/mol. The van der Waals surface area contributed by atoms with Gasteiger partial charge in [-0.2, -0.15) is 0 Å². The first-order valence-corrected chi connectivity index (χ1v) is 10.8. The van der Waals surface area contributed by atoms with Crippen LogP contribution in [0.25, 0.3) is 0 Å². The quantitative estimate of drug-likeness (QED) is 0.717. The Labute approximate surface area is 182 Å².